The van der Waals surface area contributed by atoms with E-state index in [4.69, 9.17) is 4.74 Å². The standard InChI is InChI=1S/C17H15FN4O2/c1-12-5-6-13(7-16(12)18)21-17(23)9-24-15-4-2-3-14(8-15)22-11-19-10-20-22/h2-8,10-11H,9H2,1H3,(H,21,23). The number of hydrogen-bond donors (Lipinski definition) is 1. The van der Waals surface area contributed by atoms with E-state index in [1.54, 1.807) is 48.3 Å². The van der Waals surface area contributed by atoms with Crippen molar-refractivity contribution in [3.05, 3.63) is 66.5 Å². The molecule has 3 rings (SSSR count). The first-order valence-corrected chi connectivity index (χ1v) is 7.26. The van der Waals surface area contributed by atoms with Gasteiger partial charge in [0.15, 0.2) is 6.61 Å². The minimum absolute atomic E-state index is 0.184. The molecule has 6 nitrogen and oxygen atoms in total. The van der Waals surface area contributed by atoms with E-state index in [1.807, 2.05) is 6.07 Å². The quantitative estimate of drug-likeness (QED) is 0.783. The Balaban J connectivity index is 1.60. The molecule has 0 saturated carbocycles. The molecule has 24 heavy (non-hydrogen) atoms. The Morgan fingerprint density at radius 3 is 2.92 bits per heavy atom. The van der Waals surface area contributed by atoms with E-state index in [9.17, 15) is 9.18 Å². The molecule has 0 spiro atoms. The molecule has 0 saturated heterocycles. The molecule has 0 aliphatic carbocycles. The average molecular weight is 326 g/mol. The van der Waals surface area contributed by atoms with Gasteiger partial charge < -0.3 is 10.1 Å². The Labute approximate surface area is 137 Å². The zero-order valence-electron chi connectivity index (χ0n) is 12.9. The van der Waals surface area contributed by atoms with Crippen molar-refractivity contribution in [1.29, 1.82) is 0 Å². The molecule has 1 aromatic heterocycles. The molecule has 0 unspecified atom stereocenters. The lowest BCUT2D eigenvalue weighted by Crippen LogP contribution is -2.20. The van der Waals surface area contributed by atoms with Crippen LogP contribution in [0, 0.1) is 12.7 Å². The molecule has 7 heteroatoms. The SMILES string of the molecule is Cc1ccc(NC(=O)COc2cccc(-n3cncn3)c2)cc1F. The van der Waals surface area contributed by atoms with Crippen LogP contribution in [0.25, 0.3) is 5.69 Å². The maximum atomic E-state index is 13.5. The fraction of sp³-hybridized carbons (Fsp3) is 0.118. The summed E-state index contributed by atoms with van der Waals surface area (Å²) >= 11 is 0. The molecular weight excluding hydrogens is 311 g/mol. The van der Waals surface area contributed by atoms with Gasteiger partial charge in [-0.15, -0.1) is 0 Å². The molecule has 0 aliphatic rings. The Hall–Kier alpha value is -3.22. The number of carbonyl (C=O) groups excluding carboxylic acids is 1. The van der Waals surface area contributed by atoms with Gasteiger partial charge in [-0.05, 0) is 36.8 Å². The minimum Gasteiger partial charge on any atom is -0.484 e. The van der Waals surface area contributed by atoms with Crippen LogP contribution in [-0.2, 0) is 4.79 Å². The van der Waals surface area contributed by atoms with Gasteiger partial charge in [-0.3, -0.25) is 4.79 Å². The van der Waals surface area contributed by atoms with Gasteiger partial charge in [0.2, 0.25) is 0 Å². The Kier molecular flexibility index (Phi) is 4.51. The summed E-state index contributed by atoms with van der Waals surface area (Å²) in [5.41, 5.74) is 1.68. The largest absolute Gasteiger partial charge is 0.484 e. The number of benzene rings is 2. The fourth-order valence-corrected chi connectivity index (χ4v) is 2.07. The topological polar surface area (TPSA) is 69.0 Å². The number of halogens is 1. The highest BCUT2D eigenvalue weighted by atomic mass is 19.1. The predicted octanol–water partition coefficient (Wildman–Crippen LogP) is 2.73. The van der Waals surface area contributed by atoms with Crippen LogP contribution >= 0.6 is 0 Å². The molecule has 0 atom stereocenters. The number of aromatic nitrogens is 3. The van der Waals surface area contributed by atoms with Crippen LogP contribution in [0.15, 0.2) is 55.1 Å². The van der Waals surface area contributed by atoms with Crippen molar-refractivity contribution in [2.45, 2.75) is 6.92 Å². The van der Waals surface area contributed by atoms with E-state index in [1.165, 1.54) is 12.4 Å². The lowest BCUT2D eigenvalue weighted by molar-refractivity contribution is -0.118. The molecule has 1 amide bonds. The summed E-state index contributed by atoms with van der Waals surface area (Å²) in [7, 11) is 0. The Bertz CT molecular complexity index is 850. The third kappa shape index (κ3) is 3.75. The van der Waals surface area contributed by atoms with Crippen LogP contribution in [0.2, 0.25) is 0 Å². The first kappa shape index (κ1) is 15.7. The average Bonchev–Trinajstić information content (AvgIpc) is 3.11. The number of hydrogen-bond acceptors (Lipinski definition) is 4. The molecule has 1 N–H and O–H groups in total. The van der Waals surface area contributed by atoms with Crippen LogP contribution in [0.5, 0.6) is 5.75 Å². The second-order valence-electron chi connectivity index (χ2n) is 5.14. The van der Waals surface area contributed by atoms with Crippen molar-refractivity contribution < 1.29 is 13.9 Å². The second kappa shape index (κ2) is 6.91. The molecule has 0 radical (unpaired) electrons. The summed E-state index contributed by atoms with van der Waals surface area (Å²) in [5.74, 6) is -0.216. The smallest absolute Gasteiger partial charge is 0.262 e. The molecule has 122 valence electrons. The van der Waals surface area contributed by atoms with Gasteiger partial charge in [0.05, 0.1) is 5.69 Å². The number of amides is 1. The van der Waals surface area contributed by atoms with E-state index in [-0.39, 0.29) is 18.3 Å². The van der Waals surface area contributed by atoms with Crippen LogP contribution in [0.1, 0.15) is 5.56 Å². The normalized spacial score (nSPS) is 10.4. The van der Waals surface area contributed by atoms with E-state index in [2.05, 4.69) is 15.4 Å². The van der Waals surface area contributed by atoms with Crippen molar-refractivity contribution in [2.24, 2.45) is 0 Å². The first-order chi connectivity index (χ1) is 11.6. The van der Waals surface area contributed by atoms with Gasteiger partial charge in [-0.2, -0.15) is 5.10 Å². The molecular formula is C17H15FN4O2. The number of nitrogens with zero attached hydrogens (tertiary/aromatic N) is 3. The Morgan fingerprint density at radius 1 is 1.29 bits per heavy atom. The van der Waals surface area contributed by atoms with Gasteiger partial charge in [0.25, 0.3) is 5.91 Å². The van der Waals surface area contributed by atoms with E-state index < -0.39 is 0 Å². The molecule has 0 fully saturated rings. The fourth-order valence-electron chi connectivity index (χ4n) is 2.07. The van der Waals surface area contributed by atoms with E-state index >= 15 is 0 Å². The highest BCUT2D eigenvalue weighted by molar-refractivity contribution is 5.91. The third-order valence-corrected chi connectivity index (χ3v) is 3.33. The molecule has 0 bridgehead atoms. The maximum Gasteiger partial charge on any atom is 0.262 e. The molecule has 1 heterocycles. The number of carbonyl (C=O) groups is 1. The summed E-state index contributed by atoms with van der Waals surface area (Å²) in [5, 5.41) is 6.62. The minimum atomic E-state index is -0.371. The summed E-state index contributed by atoms with van der Waals surface area (Å²) in [6, 6.07) is 11.6. The lowest BCUT2D eigenvalue weighted by atomic mass is 10.2. The zero-order chi connectivity index (χ0) is 16.9. The van der Waals surface area contributed by atoms with Crippen molar-refractivity contribution in [1.82, 2.24) is 14.8 Å². The van der Waals surface area contributed by atoms with E-state index in [0.29, 0.717) is 17.0 Å². The summed E-state index contributed by atoms with van der Waals surface area (Å²) in [6.45, 7) is 1.47. The van der Waals surface area contributed by atoms with Gasteiger partial charge in [-0.25, -0.2) is 14.1 Å². The monoisotopic (exact) mass is 326 g/mol. The summed E-state index contributed by atoms with van der Waals surface area (Å²) < 4.78 is 20.5. The molecule has 2 aromatic carbocycles. The van der Waals surface area contributed by atoms with Gasteiger partial charge >= 0.3 is 0 Å². The summed E-state index contributed by atoms with van der Waals surface area (Å²) in [4.78, 5) is 15.8. The maximum absolute atomic E-state index is 13.5. The lowest BCUT2D eigenvalue weighted by Gasteiger charge is -2.09. The number of anilines is 1. The van der Waals surface area contributed by atoms with Gasteiger partial charge in [-0.1, -0.05) is 12.1 Å². The second-order valence-corrected chi connectivity index (χ2v) is 5.14. The number of rotatable bonds is 5. The van der Waals surface area contributed by atoms with Crippen molar-refractivity contribution in [3.63, 3.8) is 0 Å². The highest BCUT2D eigenvalue weighted by Gasteiger charge is 2.07. The van der Waals surface area contributed by atoms with E-state index in [0.717, 1.165) is 5.69 Å². The van der Waals surface area contributed by atoms with Crippen molar-refractivity contribution >= 4 is 11.6 Å². The number of nitrogens with one attached hydrogen (secondary N) is 1. The summed E-state index contributed by atoms with van der Waals surface area (Å²) in [6.07, 6.45) is 3.00. The first-order valence-electron chi connectivity index (χ1n) is 7.26. The van der Waals surface area contributed by atoms with Crippen LogP contribution < -0.4 is 10.1 Å². The number of ether oxygens (including phenoxy) is 1. The van der Waals surface area contributed by atoms with Crippen molar-refractivity contribution in [2.75, 3.05) is 11.9 Å². The van der Waals surface area contributed by atoms with Crippen molar-refractivity contribution in [3.8, 4) is 11.4 Å². The van der Waals surface area contributed by atoms with Crippen LogP contribution in [-0.4, -0.2) is 27.3 Å². The number of aryl methyl sites for hydroxylation is 1. The molecule has 0 aliphatic heterocycles. The van der Waals surface area contributed by atoms with Crippen LogP contribution in [0.4, 0.5) is 10.1 Å². The zero-order valence-corrected chi connectivity index (χ0v) is 12.9. The highest BCUT2D eigenvalue weighted by Crippen LogP contribution is 2.16. The molecule has 3 aromatic rings. The van der Waals surface area contributed by atoms with Gasteiger partial charge in [0.1, 0.15) is 24.2 Å². The van der Waals surface area contributed by atoms with Crippen LogP contribution in [0.3, 0.4) is 0 Å². The van der Waals surface area contributed by atoms with Gasteiger partial charge in [0, 0.05) is 11.8 Å². The third-order valence-electron chi connectivity index (χ3n) is 3.33. The Morgan fingerprint density at radius 2 is 2.17 bits per heavy atom. The predicted molar refractivity (Wildman–Crippen MR) is 86.6 cm³/mol.